The Kier molecular flexibility index (Phi) is 4.68. The van der Waals surface area contributed by atoms with E-state index in [-0.39, 0.29) is 5.91 Å². The summed E-state index contributed by atoms with van der Waals surface area (Å²) < 4.78 is 5.29. The largest absolute Gasteiger partial charge is 0.378 e. The second-order valence-corrected chi connectivity index (χ2v) is 4.35. The van der Waals surface area contributed by atoms with E-state index in [4.69, 9.17) is 4.74 Å². The van der Waals surface area contributed by atoms with E-state index >= 15 is 0 Å². The summed E-state index contributed by atoms with van der Waals surface area (Å²) in [6, 6.07) is 0. The van der Waals surface area contributed by atoms with Gasteiger partial charge in [-0.3, -0.25) is 4.79 Å². The maximum atomic E-state index is 12.1. The molecule has 0 unspecified atom stereocenters. The van der Waals surface area contributed by atoms with E-state index in [0.717, 1.165) is 13.1 Å². The molecule has 104 valence electrons. The zero-order chi connectivity index (χ0) is 13.7. The first-order valence-electron chi connectivity index (χ1n) is 6.70. The molecule has 2 heterocycles. The highest BCUT2D eigenvalue weighted by Crippen LogP contribution is 2.10. The summed E-state index contributed by atoms with van der Waals surface area (Å²) in [5, 5.41) is 0. The molecule has 1 aromatic rings. The summed E-state index contributed by atoms with van der Waals surface area (Å²) in [5.41, 5.74) is 0.542. The SMILES string of the molecule is CCN(CC)C(=O)c1cnc(N2CCOCC2)nc1. The standard InChI is InChI=1S/C13H20N4O2/c1-3-16(4-2)12(18)11-9-14-13(15-10-11)17-5-7-19-8-6-17/h9-10H,3-8H2,1-2H3. The molecule has 1 aromatic heterocycles. The van der Waals surface area contributed by atoms with Crippen molar-refractivity contribution < 1.29 is 9.53 Å². The molecule has 0 bridgehead atoms. The maximum Gasteiger partial charge on any atom is 0.256 e. The molecule has 0 saturated carbocycles. The van der Waals surface area contributed by atoms with E-state index in [1.54, 1.807) is 17.3 Å². The van der Waals surface area contributed by atoms with Crippen molar-refractivity contribution in [3.8, 4) is 0 Å². The van der Waals surface area contributed by atoms with Crippen LogP contribution in [-0.4, -0.2) is 60.2 Å². The highest BCUT2D eigenvalue weighted by atomic mass is 16.5. The van der Waals surface area contributed by atoms with Crippen molar-refractivity contribution in [2.24, 2.45) is 0 Å². The first kappa shape index (κ1) is 13.7. The fraction of sp³-hybridized carbons (Fsp3) is 0.615. The zero-order valence-corrected chi connectivity index (χ0v) is 11.5. The van der Waals surface area contributed by atoms with Gasteiger partial charge in [0.1, 0.15) is 0 Å². The van der Waals surface area contributed by atoms with Gasteiger partial charge >= 0.3 is 0 Å². The van der Waals surface area contributed by atoms with E-state index in [9.17, 15) is 4.79 Å². The Balaban J connectivity index is 2.07. The molecule has 0 aromatic carbocycles. The van der Waals surface area contributed by atoms with Crippen LogP contribution in [-0.2, 0) is 4.74 Å². The Hall–Kier alpha value is -1.69. The van der Waals surface area contributed by atoms with Crippen LogP contribution in [0.4, 0.5) is 5.95 Å². The van der Waals surface area contributed by atoms with Crippen molar-refractivity contribution in [2.45, 2.75) is 13.8 Å². The molecule has 6 nitrogen and oxygen atoms in total. The monoisotopic (exact) mass is 264 g/mol. The molecule has 0 aliphatic carbocycles. The van der Waals surface area contributed by atoms with Crippen LogP contribution in [0.2, 0.25) is 0 Å². The molecule has 1 amide bonds. The molecule has 2 rings (SSSR count). The fourth-order valence-corrected chi connectivity index (χ4v) is 2.05. The topological polar surface area (TPSA) is 58.6 Å². The van der Waals surface area contributed by atoms with Crippen LogP contribution in [0.1, 0.15) is 24.2 Å². The minimum Gasteiger partial charge on any atom is -0.378 e. The summed E-state index contributed by atoms with van der Waals surface area (Å²) in [7, 11) is 0. The molecule has 1 saturated heterocycles. The minimum absolute atomic E-state index is 0.0153. The van der Waals surface area contributed by atoms with Crippen molar-refractivity contribution in [3.63, 3.8) is 0 Å². The van der Waals surface area contributed by atoms with Crippen molar-refractivity contribution in [3.05, 3.63) is 18.0 Å². The molecule has 19 heavy (non-hydrogen) atoms. The highest BCUT2D eigenvalue weighted by Gasteiger charge is 2.16. The summed E-state index contributed by atoms with van der Waals surface area (Å²) in [6.07, 6.45) is 3.22. The van der Waals surface area contributed by atoms with Gasteiger partial charge in [0.25, 0.3) is 5.91 Å². The van der Waals surface area contributed by atoms with Crippen molar-refractivity contribution in [1.82, 2.24) is 14.9 Å². The van der Waals surface area contributed by atoms with Gasteiger partial charge in [0.2, 0.25) is 5.95 Å². The van der Waals surface area contributed by atoms with Crippen molar-refractivity contribution in [2.75, 3.05) is 44.3 Å². The quantitative estimate of drug-likeness (QED) is 0.805. The number of anilines is 1. The molecular formula is C13H20N4O2. The van der Waals surface area contributed by atoms with Gasteiger partial charge in [-0.25, -0.2) is 9.97 Å². The Morgan fingerprint density at radius 3 is 2.37 bits per heavy atom. The number of nitrogens with zero attached hydrogens (tertiary/aromatic N) is 4. The Labute approximate surface area is 113 Å². The van der Waals surface area contributed by atoms with Crippen LogP contribution in [0.5, 0.6) is 0 Å². The van der Waals surface area contributed by atoms with E-state index in [0.29, 0.717) is 37.8 Å². The van der Waals surface area contributed by atoms with Gasteiger partial charge in [-0.05, 0) is 13.8 Å². The van der Waals surface area contributed by atoms with Gasteiger partial charge in [-0.1, -0.05) is 0 Å². The molecular weight excluding hydrogens is 244 g/mol. The van der Waals surface area contributed by atoms with Crippen LogP contribution in [0.3, 0.4) is 0 Å². The summed E-state index contributed by atoms with van der Waals surface area (Å²) in [5.74, 6) is 0.651. The van der Waals surface area contributed by atoms with Gasteiger partial charge in [0, 0.05) is 38.6 Å². The second kappa shape index (κ2) is 6.47. The summed E-state index contributed by atoms with van der Waals surface area (Å²) >= 11 is 0. The molecule has 6 heteroatoms. The van der Waals surface area contributed by atoms with Crippen LogP contribution in [0.15, 0.2) is 12.4 Å². The van der Waals surface area contributed by atoms with E-state index < -0.39 is 0 Å². The van der Waals surface area contributed by atoms with Gasteiger partial charge in [-0.2, -0.15) is 0 Å². The predicted molar refractivity (Wildman–Crippen MR) is 72.3 cm³/mol. The number of rotatable bonds is 4. The third-order valence-corrected chi connectivity index (χ3v) is 3.23. The van der Waals surface area contributed by atoms with E-state index in [1.807, 2.05) is 13.8 Å². The zero-order valence-electron chi connectivity index (χ0n) is 11.5. The molecule has 1 aliphatic heterocycles. The van der Waals surface area contributed by atoms with E-state index in [1.165, 1.54) is 0 Å². The summed E-state index contributed by atoms with van der Waals surface area (Å²) in [6.45, 7) is 8.30. The number of morpholine rings is 1. The second-order valence-electron chi connectivity index (χ2n) is 4.35. The van der Waals surface area contributed by atoms with Gasteiger partial charge in [-0.15, -0.1) is 0 Å². The number of ether oxygens (including phenoxy) is 1. The molecule has 1 fully saturated rings. The normalized spacial score (nSPS) is 15.4. The van der Waals surface area contributed by atoms with Crippen molar-refractivity contribution in [1.29, 1.82) is 0 Å². The smallest absolute Gasteiger partial charge is 0.256 e. The Morgan fingerprint density at radius 1 is 1.26 bits per heavy atom. The highest BCUT2D eigenvalue weighted by molar-refractivity contribution is 5.93. The van der Waals surface area contributed by atoms with Crippen LogP contribution < -0.4 is 4.90 Å². The lowest BCUT2D eigenvalue weighted by Crippen LogP contribution is -2.37. The molecule has 1 aliphatic rings. The molecule has 0 radical (unpaired) electrons. The third-order valence-electron chi connectivity index (χ3n) is 3.23. The molecule has 0 N–H and O–H groups in total. The first-order valence-corrected chi connectivity index (χ1v) is 6.70. The third kappa shape index (κ3) is 3.20. The number of hydrogen-bond acceptors (Lipinski definition) is 5. The van der Waals surface area contributed by atoms with Crippen LogP contribution in [0.25, 0.3) is 0 Å². The lowest BCUT2D eigenvalue weighted by molar-refractivity contribution is 0.0772. The minimum atomic E-state index is -0.0153. The van der Waals surface area contributed by atoms with E-state index in [2.05, 4.69) is 14.9 Å². The Morgan fingerprint density at radius 2 is 1.84 bits per heavy atom. The summed E-state index contributed by atoms with van der Waals surface area (Å²) in [4.78, 5) is 24.5. The molecule has 0 spiro atoms. The molecule has 0 atom stereocenters. The average Bonchev–Trinajstić information content (AvgIpc) is 2.49. The van der Waals surface area contributed by atoms with Gasteiger partial charge in [0.15, 0.2) is 0 Å². The van der Waals surface area contributed by atoms with Crippen molar-refractivity contribution >= 4 is 11.9 Å². The fourth-order valence-electron chi connectivity index (χ4n) is 2.05. The van der Waals surface area contributed by atoms with Crippen LogP contribution in [0, 0.1) is 0 Å². The number of amides is 1. The number of carbonyl (C=O) groups excluding carboxylic acids is 1. The lowest BCUT2D eigenvalue weighted by Gasteiger charge is -2.26. The number of hydrogen-bond donors (Lipinski definition) is 0. The van der Waals surface area contributed by atoms with Gasteiger partial charge < -0.3 is 14.5 Å². The predicted octanol–water partition coefficient (Wildman–Crippen LogP) is 0.795. The number of carbonyl (C=O) groups is 1. The van der Waals surface area contributed by atoms with Crippen LogP contribution >= 0.6 is 0 Å². The first-order chi connectivity index (χ1) is 9.26. The van der Waals surface area contributed by atoms with Gasteiger partial charge in [0.05, 0.1) is 18.8 Å². The Bertz CT molecular complexity index is 411. The number of aromatic nitrogens is 2. The lowest BCUT2D eigenvalue weighted by atomic mass is 10.3. The maximum absolute atomic E-state index is 12.1. The average molecular weight is 264 g/mol.